The number of aliphatic hydroxyl groups excluding tert-OH is 1. The Balaban J connectivity index is 1.69. The molecule has 1 aromatic heterocycles. The molecule has 0 radical (unpaired) electrons. The van der Waals surface area contributed by atoms with Gasteiger partial charge in [0.2, 0.25) is 0 Å². The fourth-order valence-electron chi connectivity index (χ4n) is 2.71. The summed E-state index contributed by atoms with van der Waals surface area (Å²) in [5.41, 5.74) is 3.90. The third kappa shape index (κ3) is 2.52. The molecule has 0 saturated carbocycles. The van der Waals surface area contributed by atoms with Gasteiger partial charge in [-0.25, -0.2) is 4.98 Å². The highest BCUT2D eigenvalue weighted by molar-refractivity contribution is 7.09. The van der Waals surface area contributed by atoms with Gasteiger partial charge in [0.1, 0.15) is 0 Å². The number of thiazole rings is 1. The monoisotopic (exact) mass is 287 g/mol. The minimum Gasteiger partial charge on any atom is -0.392 e. The van der Waals surface area contributed by atoms with Crippen molar-refractivity contribution in [3.8, 4) is 0 Å². The second-order valence-corrected chi connectivity index (χ2v) is 7.60. The average Bonchev–Trinajstić information content (AvgIpc) is 2.79. The van der Waals surface area contributed by atoms with Crippen molar-refractivity contribution in [3.05, 3.63) is 51.5 Å². The molecule has 1 aliphatic carbocycles. The van der Waals surface area contributed by atoms with E-state index in [1.54, 1.807) is 11.3 Å². The number of hydrogen-bond donors (Lipinski definition) is 1. The molecule has 0 aliphatic heterocycles. The number of aromatic nitrogens is 1. The Hall–Kier alpha value is -1.19. The molecule has 3 heteroatoms. The van der Waals surface area contributed by atoms with Crippen LogP contribution in [0.15, 0.2) is 29.6 Å². The van der Waals surface area contributed by atoms with E-state index in [4.69, 9.17) is 0 Å². The zero-order valence-corrected chi connectivity index (χ0v) is 13.1. The number of rotatable bonds is 3. The molecule has 106 valence electrons. The van der Waals surface area contributed by atoms with E-state index in [1.165, 1.54) is 11.1 Å². The molecule has 3 rings (SSSR count). The summed E-state index contributed by atoms with van der Waals surface area (Å²) in [5, 5.41) is 13.6. The molecular formula is C17H21NOS. The molecule has 1 heterocycles. The number of fused-ring (bicyclic) bond motifs is 1. The predicted octanol–water partition coefficient (Wildman–Crippen LogP) is 3.68. The molecule has 1 N–H and O–H groups in total. The first-order chi connectivity index (χ1) is 9.45. The summed E-state index contributed by atoms with van der Waals surface area (Å²) in [6.45, 7) is 6.51. The van der Waals surface area contributed by atoms with Crippen LogP contribution < -0.4 is 0 Å². The highest BCUT2D eigenvalue weighted by Crippen LogP contribution is 2.38. The van der Waals surface area contributed by atoms with Gasteiger partial charge in [0.25, 0.3) is 0 Å². The molecule has 2 atom stereocenters. The summed E-state index contributed by atoms with van der Waals surface area (Å²) in [4.78, 5) is 4.68. The molecule has 0 bridgehead atoms. The highest BCUT2D eigenvalue weighted by atomic mass is 32.1. The van der Waals surface area contributed by atoms with Crippen molar-refractivity contribution in [3.63, 3.8) is 0 Å². The number of benzene rings is 1. The zero-order valence-electron chi connectivity index (χ0n) is 12.3. The second-order valence-electron chi connectivity index (χ2n) is 6.66. The van der Waals surface area contributed by atoms with Gasteiger partial charge in [-0.1, -0.05) is 45.0 Å². The minimum absolute atomic E-state index is 0.0861. The molecule has 1 aliphatic rings. The maximum atomic E-state index is 10.4. The van der Waals surface area contributed by atoms with E-state index >= 15 is 0 Å². The lowest BCUT2D eigenvalue weighted by Gasteiger charge is -2.33. The Bertz CT molecular complexity index is 611. The van der Waals surface area contributed by atoms with Crippen molar-refractivity contribution in [1.82, 2.24) is 4.98 Å². The van der Waals surface area contributed by atoms with Crippen LogP contribution in [0.3, 0.4) is 0 Å². The minimum atomic E-state index is -0.316. The van der Waals surface area contributed by atoms with Gasteiger partial charge < -0.3 is 5.11 Å². The molecule has 2 aromatic rings. The standard InChI is InChI=1S/C17H21NOS/c1-17(2,3)15-10-20-16(18-15)9-14(19)13-8-11-6-4-5-7-12(11)13/h4-7,10,13-14,19H,8-9H2,1-3H3. The molecule has 2 unspecified atom stereocenters. The third-order valence-corrected chi connectivity index (χ3v) is 4.93. The maximum Gasteiger partial charge on any atom is 0.0954 e. The molecule has 20 heavy (non-hydrogen) atoms. The van der Waals surface area contributed by atoms with Crippen molar-refractivity contribution in [2.24, 2.45) is 0 Å². The Morgan fingerprint density at radius 2 is 2.10 bits per heavy atom. The van der Waals surface area contributed by atoms with Crippen LogP contribution in [0, 0.1) is 0 Å². The molecular weight excluding hydrogens is 266 g/mol. The lowest BCUT2D eigenvalue weighted by molar-refractivity contribution is 0.133. The Morgan fingerprint density at radius 3 is 2.75 bits per heavy atom. The second kappa shape index (κ2) is 4.97. The van der Waals surface area contributed by atoms with E-state index in [9.17, 15) is 5.11 Å². The summed E-state index contributed by atoms with van der Waals surface area (Å²) in [6.07, 6.45) is 1.35. The number of hydrogen-bond acceptors (Lipinski definition) is 3. The first-order valence-corrected chi connectivity index (χ1v) is 8.04. The maximum absolute atomic E-state index is 10.4. The van der Waals surface area contributed by atoms with Crippen molar-refractivity contribution < 1.29 is 5.11 Å². The van der Waals surface area contributed by atoms with Crippen LogP contribution in [-0.4, -0.2) is 16.2 Å². The molecule has 0 spiro atoms. The predicted molar refractivity (Wildman–Crippen MR) is 83.4 cm³/mol. The van der Waals surface area contributed by atoms with Crippen LogP contribution in [0.4, 0.5) is 0 Å². The van der Waals surface area contributed by atoms with Crippen molar-refractivity contribution in [2.75, 3.05) is 0 Å². The largest absolute Gasteiger partial charge is 0.392 e. The Kier molecular flexibility index (Phi) is 3.43. The van der Waals surface area contributed by atoms with Crippen molar-refractivity contribution >= 4 is 11.3 Å². The molecule has 1 aromatic carbocycles. The van der Waals surface area contributed by atoms with Crippen LogP contribution in [0.2, 0.25) is 0 Å². The summed E-state index contributed by atoms with van der Waals surface area (Å²) in [5.74, 6) is 0.285. The van der Waals surface area contributed by atoms with Crippen LogP contribution in [0.5, 0.6) is 0 Å². The van der Waals surface area contributed by atoms with Crippen molar-refractivity contribution in [2.45, 2.75) is 51.0 Å². The number of nitrogens with zero attached hydrogens (tertiary/aromatic N) is 1. The lowest BCUT2D eigenvalue weighted by atomic mass is 9.74. The van der Waals surface area contributed by atoms with E-state index in [1.807, 2.05) is 0 Å². The van der Waals surface area contributed by atoms with Gasteiger partial charge >= 0.3 is 0 Å². The van der Waals surface area contributed by atoms with Gasteiger partial charge in [0.15, 0.2) is 0 Å². The van der Waals surface area contributed by atoms with Gasteiger partial charge in [-0.2, -0.15) is 0 Å². The molecule has 0 fully saturated rings. The van der Waals surface area contributed by atoms with Gasteiger partial charge in [-0.15, -0.1) is 11.3 Å². The average molecular weight is 287 g/mol. The SMILES string of the molecule is CC(C)(C)c1csc(CC(O)C2Cc3ccccc32)n1. The molecule has 0 saturated heterocycles. The van der Waals surface area contributed by atoms with Crippen LogP contribution >= 0.6 is 11.3 Å². The zero-order chi connectivity index (χ0) is 14.3. The Morgan fingerprint density at radius 1 is 1.35 bits per heavy atom. The fourth-order valence-corrected chi connectivity index (χ4v) is 3.78. The third-order valence-electron chi connectivity index (χ3n) is 4.06. The summed E-state index contributed by atoms with van der Waals surface area (Å²) >= 11 is 1.67. The van der Waals surface area contributed by atoms with Gasteiger partial charge in [-0.05, 0) is 17.5 Å². The summed E-state index contributed by atoms with van der Waals surface area (Å²) in [6, 6.07) is 8.41. The Labute approximate surface area is 124 Å². The van der Waals surface area contributed by atoms with E-state index in [0.29, 0.717) is 6.42 Å². The van der Waals surface area contributed by atoms with Crippen molar-refractivity contribution in [1.29, 1.82) is 0 Å². The van der Waals surface area contributed by atoms with E-state index in [2.05, 4.69) is 55.4 Å². The normalized spacial score (nSPS) is 19.3. The number of aliphatic hydroxyl groups is 1. The van der Waals surface area contributed by atoms with Gasteiger partial charge in [0.05, 0.1) is 16.8 Å². The summed E-state index contributed by atoms with van der Waals surface area (Å²) in [7, 11) is 0. The van der Waals surface area contributed by atoms with Crippen LogP contribution in [0.25, 0.3) is 0 Å². The van der Waals surface area contributed by atoms with Gasteiger partial charge in [-0.3, -0.25) is 0 Å². The molecule has 0 amide bonds. The first-order valence-electron chi connectivity index (χ1n) is 7.16. The highest BCUT2D eigenvalue weighted by Gasteiger charge is 2.32. The fraction of sp³-hybridized carbons (Fsp3) is 0.471. The van der Waals surface area contributed by atoms with Crippen LogP contribution in [-0.2, 0) is 18.3 Å². The van der Waals surface area contributed by atoms with E-state index in [0.717, 1.165) is 17.1 Å². The van der Waals surface area contributed by atoms with Gasteiger partial charge in [0, 0.05) is 23.1 Å². The summed E-state index contributed by atoms with van der Waals surface area (Å²) < 4.78 is 0. The first kappa shape index (κ1) is 13.8. The smallest absolute Gasteiger partial charge is 0.0954 e. The quantitative estimate of drug-likeness (QED) is 0.934. The lowest BCUT2D eigenvalue weighted by Crippen LogP contribution is -2.30. The topological polar surface area (TPSA) is 33.1 Å². The van der Waals surface area contributed by atoms with Crippen LogP contribution in [0.1, 0.15) is 48.5 Å². The van der Waals surface area contributed by atoms with E-state index in [-0.39, 0.29) is 17.4 Å². The van der Waals surface area contributed by atoms with E-state index < -0.39 is 0 Å². The molecule has 2 nitrogen and oxygen atoms in total.